The monoisotopic (exact) mass is 139 g/mol. The van der Waals surface area contributed by atoms with Crippen LogP contribution in [-0.4, -0.2) is 6.18 Å². The van der Waals surface area contributed by atoms with Crippen LogP contribution in [0.4, 0.5) is 13.2 Å². The molecule has 0 aliphatic rings. The number of alkyl halides is 3. The maximum Gasteiger partial charge on any atom is 0.430 e. The Morgan fingerprint density at radius 2 is 2.00 bits per heavy atom. The first-order chi connectivity index (χ1) is 3.98. The number of hydrogen-bond donors (Lipinski definition) is 1. The molecule has 0 saturated heterocycles. The quantitative estimate of drug-likeness (QED) is 0.589. The SMILES string of the molecule is CCC=C(N)C(F)(F)F. The lowest BCUT2D eigenvalue weighted by Crippen LogP contribution is -2.18. The average molecular weight is 139 g/mol. The summed E-state index contributed by atoms with van der Waals surface area (Å²) in [7, 11) is 0. The van der Waals surface area contributed by atoms with E-state index in [0.717, 1.165) is 6.08 Å². The van der Waals surface area contributed by atoms with Gasteiger partial charge in [0.15, 0.2) is 0 Å². The van der Waals surface area contributed by atoms with Crippen molar-refractivity contribution in [2.75, 3.05) is 0 Å². The second-order valence-electron chi connectivity index (χ2n) is 1.57. The van der Waals surface area contributed by atoms with Crippen LogP contribution < -0.4 is 5.73 Å². The minimum Gasteiger partial charge on any atom is -0.395 e. The Labute approximate surface area is 51.3 Å². The molecule has 0 rings (SSSR count). The lowest BCUT2D eigenvalue weighted by atomic mass is 10.3. The van der Waals surface area contributed by atoms with Crippen LogP contribution in [0.2, 0.25) is 0 Å². The zero-order valence-corrected chi connectivity index (χ0v) is 5.00. The minimum atomic E-state index is -4.35. The number of rotatable bonds is 1. The van der Waals surface area contributed by atoms with Gasteiger partial charge >= 0.3 is 6.18 Å². The Hall–Kier alpha value is -0.670. The molecule has 0 radical (unpaired) electrons. The van der Waals surface area contributed by atoms with E-state index in [0.29, 0.717) is 6.42 Å². The fourth-order valence-electron chi connectivity index (χ4n) is 0.336. The van der Waals surface area contributed by atoms with Gasteiger partial charge in [-0.05, 0) is 6.42 Å². The van der Waals surface area contributed by atoms with E-state index in [1.807, 2.05) is 0 Å². The van der Waals surface area contributed by atoms with Crippen LogP contribution in [0, 0.1) is 0 Å². The summed E-state index contributed by atoms with van der Waals surface area (Å²) in [5, 5.41) is 0. The van der Waals surface area contributed by atoms with Gasteiger partial charge < -0.3 is 5.73 Å². The predicted molar refractivity (Wildman–Crippen MR) is 28.6 cm³/mol. The van der Waals surface area contributed by atoms with Gasteiger partial charge in [-0.1, -0.05) is 13.0 Å². The number of hydrogen-bond acceptors (Lipinski definition) is 1. The van der Waals surface area contributed by atoms with Crippen molar-refractivity contribution in [3.8, 4) is 0 Å². The molecule has 4 heteroatoms. The van der Waals surface area contributed by atoms with Gasteiger partial charge in [0.25, 0.3) is 0 Å². The summed E-state index contributed by atoms with van der Waals surface area (Å²) in [4.78, 5) is 0. The molecule has 0 amide bonds. The van der Waals surface area contributed by atoms with Gasteiger partial charge in [0, 0.05) is 0 Å². The Morgan fingerprint density at radius 1 is 1.56 bits per heavy atom. The van der Waals surface area contributed by atoms with Crippen molar-refractivity contribution >= 4 is 0 Å². The molecule has 1 nitrogen and oxygen atoms in total. The molecule has 0 heterocycles. The van der Waals surface area contributed by atoms with Gasteiger partial charge in [-0.3, -0.25) is 0 Å². The highest BCUT2D eigenvalue weighted by Gasteiger charge is 2.30. The molecule has 0 aromatic heterocycles. The highest BCUT2D eigenvalue weighted by molar-refractivity contribution is 5.02. The summed E-state index contributed by atoms with van der Waals surface area (Å²) < 4.78 is 34.3. The third-order valence-electron chi connectivity index (χ3n) is 0.751. The van der Waals surface area contributed by atoms with Crippen molar-refractivity contribution in [1.29, 1.82) is 0 Å². The van der Waals surface area contributed by atoms with Crippen LogP contribution in [0.25, 0.3) is 0 Å². The Morgan fingerprint density at radius 3 is 2.11 bits per heavy atom. The van der Waals surface area contributed by atoms with E-state index in [-0.39, 0.29) is 0 Å². The molecule has 0 saturated carbocycles. The summed E-state index contributed by atoms with van der Waals surface area (Å²) in [5.41, 5.74) is 3.59. The van der Waals surface area contributed by atoms with Gasteiger partial charge in [-0.2, -0.15) is 13.2 Å². The van der Waals surface area contributed by atoms with E-state index in [9.17, 15) is 13.2 Å². The number of nitrogens with two attached hydrogens (primary N) is 1. The molecule has 0 aromatic carbocycles. The lowest BCUT2D eigenvalue weighted by Gasteiger charge is -2.04. The first kappa shape index (κ1) is 8.33. The normalized spacial score (nSPS) is 14.0. The van der Waals surface area contributed by atoms with Crippen LogP contribution in [0.1, 0.15) is 13.3 Å². The van der Waals surface area contributed by atoms with E-state index >= 15 is 0 Å². The smallest absolute Gasteiger partial charge is 0.395 e. The van der Waals surface area contributed by atoms with Gasteiger partial charge in [0.2, 0.25) is 0 Å². The van der Waals surface area contributed by atoms with Crippen LogP contribution >= 0.6 is 0 Å². The van der Waals surface area contributed by atoms with E-state index in [1.54, 1.807) is 6.92 Å². The zero-order valence-electron chi connectivity index (χ0n) is 5.00. The standard InChI is InChI=1S/C5H8F3N/c1-2-3-4(9)5(6,7)8/h3H,2,9H2,1H3. The molecule has 0 unspecified atom stereocenters. The van der Waals surface area contributed by atoms with Crippen molar-refractivity contribution in [1.82, 2.24) is 0 Å². The molecule has 0 spiro atoms. The van der Waals surface area contributed by atoms with Crippen molar-refractivity contribution in [3.05, 3.63) is 11.8 Å². The fraction of sp³-hybridized carbons (Fsp3) is 0.600. The van der Waals surface area contributed by atoms with Crippen molar-refractivity contribution in [3.63, 3.8) is 0 Å². The summed E-state index contributed by atoms with van der Waals surface area (Å²) in [6, 6.07) is 0. The van der Waals surface area contributed by atoms with Gasteiger partial charge in [-0.25, -0.2) is 0 Å². The highest BCUT2D eigenvalue weighted by atomic mass is 19.4. The molecule has 0 aromatic rings. The predicted octanol–water partition coefficient (Wildman–Crippen LogP) is 1.80. The minimum absolute atomic E-state index is 0.311. The van der Waals surface area contributed by atoms with Crippen LogP contribution in [-0.2, 0) is 0 Å². The molecule has 0 fully saturated rings. The highest BCUT2D eigenvalue weighted by Crippen LogP contribution is 2.21. The summed E-state index contributed by atoms with van der Waals surface area (Å²) in [6.07, 6.45) is -3.10. The van der Waals surface area contributed by atoms with Gasteiger partial charge in [-0.15, -0.1) is 0 Å². The topological polar surface area (TPSA) is 26.0 Å². The largest absolute Gasteiger partial charge is 0.430 e. The third-order valence-corrected chi connectivity index (χ3v) is 0.751. The van der Waals surface area contributed by atoms with E-state index in [2.05, 4.69) is 5.73 Å². The maximum absolute atomic E-state index is 11.4. The van der Waals surface area contributed by atoms with Crippen LogP contribution in [0.3, 0.4) is 0 Å². The molecular formula is C5H8F3N. The summed E-state index contributed by atoms with van der Waals surface area (Å²) in [5.74, 6) is 0. The van der Waals surface area contributed by atoms with E-state index in [1.165, 1.54) is 0 Å². The Bertz CT molecular complexity index is 114. The second-order valence-corrected chi connectivity index (χ2v) is 1.57. The van der Waals surface area contributed by atoms with Crippen molar-refractivity contribution < 1.29 is 13.2 Å². The van der Waals surface area contributed by atoms with Gasteiger partial charge in [0.1, 0.15) is 5.70 Å². The molecule has 0 aliphatic heterocycles. The van der Waals surface area contributed by atoms with Crippen LogP contribution in [0.15, 0.2) is 11.8 Å². The molecule has 0 bridgehead atoms. The van der Waals surface area contributed by atoms with Crippen LogP contribution in [0.5, 0.6) is 0 Å². The number of allylic oxidation sites excluding steroid dienone is 2. The molecule has 0 aliphatic carbocycles. The third kappa shape index (κ3) is 3.00. The van der Waals surface area contributed by atoms with Crippen molar-refractivity contribution in [2.45, 2.75) is 19.5 Å². The lowest BCUT2D eigenvalue weighted by molar-refractivity contribution is -0.0928. The maximum atomic E-state index is 11.4. The molecular weight excluding hydrogens is 131 g/mol. The second kappa shape index (κ2) is 2.75. The molecule has 9 heavy (non-hydrogen) atoms. The first-order valence-electron chi connectivity index (χ1n) is 2.51. The fourth-order valence-corrected chi connectivity index (χ4v) is 0.336. The van der Waals surface area contributed by atoms with Crippen molar-refractivity contribution in [2.24, 2.45) is 5.73 Å². The molecule has 54 valence electrons. The first-order valence-corrected chi connectivity index (χ1v) is 2.51. The summed E-state index contributed by atoms with van der Waals surface area (Å²) in [6.45, 7) is 1.60. The average Bonchev–Trinajstić information content (AvgIpc) is 1.64. The van der Waals surface area contributed by atoms with E-state index in [4.69, 9.17) is 0 Å². The van der Waals surface area contributed by atoms with E-state index < -0.39 is 11.9 Å². The Kier molecular flexibility index (Phi) is 2.55. The molecule has 0 atom stereocenters. The van der Waals surface area contributed by atoms with Gasteiger partial charge in [0.05, 0.1) is 0 Å². The number of halogens is 3. The molecule has 2 N–H and O–H groups in total. The zero-order chi connectivity index (χ0) is 7.49. The Balaban J connectivity index is 4.03. The summed E-state index contributed by atoms with van der Waals surface area (Å²) >= 11 is 0.